The standard InChI is InChI=1S/C17H20BrN3O2S/c18-15-7-5-14(6-8-15)17-16-4-3-9-19(16)12-13-21(17)24(22,23)20-10-1-2-11-20/h3-9,17H,1-2,10-13H2. The molecule has 0 amide bonds. The van der Waals surface area contributed by atoms with Crippen LogP contribution in [0.5, 0.6) is 0 Å². The normalized spacial score (nSPS) is 22.6. The monoisotopic (exact) mass is 409 g/mol. The number of nitrogens with zero attached hydrogens (tertiary/aromatic N) is 3. The van der Waals surface area contributed by atoms with Gasteiger partial charge in [0, 0.05) is 42.5 Å². The van der Waals surface area contributed by atoms with Gasteiger partial charge in [0.2, 0.25) is 0 Å². The van der Waals surface area contributed by atoms with E-state index < -0.39 is 10.2 Å². The van der Waals surface area contributed by atoms with Crippen LogP contribution in [0, 0.1) is 0 Å². The van der Waals surface area contributed by atoms with Gasteiger partial charge in [-0.1, -0.05) is 28.1 Å². The fourth-order valence-electron chi connectivity index (χ4n) is 3.66. The molecule has 0 N–H and O–H groups in total. The van der Waals surface area contributed by atoms with Crippen LogP contribution in [-0.4, -0.2) is 41.2 Å². The summed E-state index contributed by atoms with van der Waals surface area (Å²) in [5.74, 6) is 0. The maximum Gasteiger partial charge on any atom is 0.282 e. The smallest absolute Gasteiger partial charge is 0.282 e. The summed E-state index contributed by atoms with van der Waals surface area (Å²) < 4.78 is 32.9. The second-order valence-corrected chi connectivity index (χ2v) is 9.10. The van der Waals surface area contributed by atoms with Gasteiger partial charge in [-0.25, -0.2) is 0 Å². The first kappa shape index (κ1) is 16.3. The van der Waals surface area contributed by atoms with Crippen molar-refractivity contribution < 1.29 is 8.42 Å². The summed E-state index contributed by atoms with van der Waals surface area (Å²) in [6.07, 6.45) is 3.93. The summed E-state index contributed by atoms with van der Waals surface area (Å²) in [5.41, 5.74) is 2.03. The molecule has 1 aromatic carbocycles. The van der Waals surface area contributed by atoms with Gasteiger partial charge in [-0.3, -0.25) is 0 Å². The molecule has 128 valence electrons. The molecule has 1 unspecified atom stereocenters. The first-order valence-corrected chi connectivity index (χ1v) is 10.4. The average Bonchev–Trinajstić information content (AvgIpc) is 3.26. The summed E-state index contributed by atoms with van der Waals surface area (Å²) in [7, 11) is -3.45. The summed E-state index contributed by atoms with van der Waals surface area (Å²) >= 11 is 3.46. The van der Waals surface area contributed by atoms with Crippen molar-refractivity contribution >= 4 is 26.1 Å². The summed E-state index contributed by atoms with van der Waals surface area (Å²) in [4.78, 5) is 0. The third-order valence-corrected chi connectivity index (χ3v) is 7.40. The molecule has 0 radical (unpaired) electrons. The maximum absolute atomic E-state index is 13.2. The third-order valence-electron chi connectivity index (χ3n) is 4.87. The van der Waals surface area contributed by atoms with E-state index in [1.807, 2.05) is 42.6 Å². The molecule has 0 bridgehead atoms. The number of benzene rings is 1. The lowest BCUT2D eigenvalue weighted by Crippen LogP contribution is -2.48. The van der Waals surface area contributed by atoms with E-state index in [1.54, 1.807) is 8.61 Å². The predicted octanol–water partition coefficient (Wildman–Crippen LogP) is 3.00. The lowest BCUT2D eigenvalue weighted by Gasteiger charge is -2.38. The first-order chi connectivity index (χ1) is 11.6. The Bertz CT molecular complexity index is 826. The molecular formula is C17H20BrN3O2S. The zero-order valence-electron chi connectivity index (χ0n) is 13.3. The fraction of sp³-hybridized carbons (Fsp3) is 0.412. The Hall–Kier alpha value is -1.15. The molecule has 1 atom stereocenters. The molecule has 0 spiro atoms. The number of fused-ring (bicyclic) bond motifs is 1. The highest BCUT2D eigenvalue weighted by Crippen LogP contribution is 2.36. The highest BCUT2D eigenvalue weighted by Gasteiger charge is 2.40. The highest BCUT2D eigenvalue weighted by molar-refractivity contribution is 9.10. The van der Waals surface area contributed by atoms with Crippen LogP contribution in [-0.2, 0) is 16.8 Å². The van der Waals surface area contributed by atoms with Crippen molar-refractivity contribution in [3.8, 4) is 0 Å². The summed E-state index contributed by atoms with van der Waals surface area (Å²) in [6.45, 7) is 2.46. The second-order valence-electron chi connectivity index (χ2n) is 6.31. The van der Waals surface area contributed by atoms with Gasteiger partial charge >= 0.3 is 0 Å². The number of halogens is 1. The third kappa shape index (κ3) is 2.73. The minimum atomic E-state index is -3.45. The zero-order chi connectivity index (χ0) is 16.7. The molecule has 7 heteroatoms. The van der Waals surface area contributed by atoms with E-state index in [0.717, 1.165) is 28.6 Å². The van der Waals surface area contributed by atoms with Crippen molar-refractivity contribution in [1.29, 1.82) is 0 Å². The Morgan fingerprint density at radius 3 is 2.38 bits per heavy atom. The molecule has 2 aromatic rings. The molecule has 1 saturated heterocycles. The Labute approximate surface area is 151 Å². The molecule has 1 aromatic heterocycles. The minimum Gasteiger partial charge on any atom is -0.348 e. The topological polar surface area (TPSA) is 45.6 Å². The van der Waals surface area contributed by atoms with Gasteiger partial charge in [0.1, 0.15) is 0 Å². The SMILES string of the molecule is O=S(=O)(N1CCCC1)N1CCn2cccc2C1c1ccc(Br)cc1. The van der Waals surface area contributed by atoms with E-state index in [2.05, 4.69) is 20.5 Å². The summed E-state index contributed by atoms with van der Waals surface area (Å²) in [6, 6.07) is 11.7. The van der Waals surface area contributed by atoms with E-state index in [4.69, 9.17) is 0 Å². The highest BCUT2D eigenvalue weighted by atomic mass is 79.9. The van der Waals surface area contributed by atoms with Crippen molar-refractivity contribution in [2.75, 3.05) is 19.6 Å². The zero-order valence-corrected chi connectivity index (χ0v) is 15.7. The minimum absolute atomic E-state index is 0.271. The molecule has 0 saturated carbocycles. The van der Waals surface area contributed by atoms with Crippen LogP contribution < -0.4 is 0 Å². The molecule has 1 fully saturated rings. The Morgan fingerprint density at radius 2 is 1.67 bits per heavy atom. The molecule has 24 heavy (non-hydrogen) atoms. The van der Waals surface area contributed by atoms with Gasteiger partial charge in [-0.05, 0) is 42.7 Å². The maximum atomic E-state index is 13.2. The van der Waals surface area contributed by atoms with Crippen molar-refractivity contribution in [3.63, 3.8) is 0 Å². The van der Waals surface area contributed by atoms with Crippen molar-refractivity contribution in [3.05, 3.63) is 58.3 Å². The first-order valence-electron chi connectivity index (χ1n) is 8.25. The quantitative estimate of drug-likeness (QED) is 0.781. The van der Waals surface area contributed by atoms with E-state index in [0.29, 0.717) is 26.2 Å². The van der Waals surface area contributed by atoms with E-state index >= 15 is 0 Å². The van der Waals surface area contributed by atoms with Crippen molar-refractivity contribution in [2.45, 2.75) is 25.4 Å². The van der Waals surface area contributed by atoms with Crippen LogP contribution in [0.3, 0.4) is 0 Å². The second kappa shape index (κ2) is 6.29. The molecule has 5 nitrogen and oxygen atoms in total. The largest absolute Gasteiger partial charge is 0.348 e. The van der Waals surface area contributed by atoms with Crippen LogP contribution in [0.1, 0.15) is 30.1 Å². The molecule has 0 aliphatic carbocycles. The lowest BCUT2D eigenvalue weighted by atomic mass is 10.0. The summed E-state index contributed by atoms with van der Waals surface area (Å²) in [5, 5.41) is 0. The number of aromatic nitrogens is 1. The Morgan fingerprint density at radius 1 is 0.958 bits per heavy atom. The van der Waals surface area contributed by atoms with Crippen molar-refractivity contribution in [1.82, 2.24) is 13.2 Å². The molecule has 4 rings (SSSR count). The van der Waals surface area contributed by atoms with Gasteiger partial charge in [-0.15, -0.1) is 0 Å². The van der Waals surface area contributed by atoms with Crippen LogP contribution >= 0.6 is 15.9 Å². The van der Waals surface area contributed by atoms with E-state index in [-0.39, 0.29) is 6.04 Å². The molecular weight excluding hydrogens is 390 g/mol. The van der Waals surface area contributed by atoms with Crippen LogP contribution in [0.15, 0.2) is 47.1 Å². The van der Waals surface area contributed by atoms with Gasteiger partial charge < -0.3 is 4.57 Å². The van der Waals surface area contributed by atoms with Gasteiger partial charge in [-0.2, -0.15) is 17.0 Å². The van der Waals surface area contributed by atoms with Crippen LogP contribution in [0.25, 0.3) is 0 Å². The van der Waals surface area contributed by atoms with E-state index in [9.17, 15) is 8.42 Å². The number of hydrogen-bond donors (Lipinski definition) is 0. The Balaban J connectivity index is 1.79. The predicted molar refractivity (Wildman–Crippen MR) is 96.8 cm³/mol. The van der Waals surface area contributed by atoms with Crippen LogP contribution in [0.4, 0.5) is 0 Å². The average molecular weight is 410 g/mol. The fourth-order valence-corrected chi connectivity index (χ4v) is 5.75. The van der Waals surface area contributed by atoms with Crippen molar-refractivity contribution in [2.24, 2.45) is 0 Å². The number of hydrogen-bond acceptors (Lipinski definition) is 2. The van der Waals surface area contributed by atoms with Gasteiger partial charge in [0.15, 0.2) is 0 Å². The van der Waals surface area contributed by atoms with Crippen LogP contribution in [0.2, 0.25) is 0 Å². The number of rotatable bonds is 3. The van der Waals surface area contributed by atoms with Gasteiger partial charge in [0.05, 0.1) is 6.04 Å². The molecule has 3 heterocycles. The molecule has 2 aliphatic heterocycles. The lowest BCUT2D eigenvalue weighted by molar-refractivity contribution is 0.275. The van der Waals surface area contributed by atoms with Gasteiger partial charge in [0.25, 0.3) is 10.2 Å². The molecule has 2 aliphatic rings. The van der Waals surface area contributed by atoms with E-state index in [1.165, 1.54) is 0 Å². The Kier molecular flexibility index (Phi) is 4.28.